The molecule has 11 nitrogen and oxygen atoms in total. The molecule has 0 amide bonds. The highest BCUT2D eigenvalue weighted by molar-refractivity contribution is 7.86. The molecule has 152 valence electrons. The van der Waals surface area contributed by atoms with E-state index in [9.17, 15) is 17.2 Å². The topological polar surface area (TPSA) is 183 Å². The van der Waals surface area contributed by atoms with Gasteiger partial charge >= 0.3 is 0 Å². The Morgan fingerprint density at radius 1 is 1.03 bits per heavy atom. The predicted octanol–water partition coefficient (Wildman–Crippen LogP) is 2.08. The van der Waals surface area contributed by atoms with Crippen molar-refractivity contribution in [2.45, 2.75) is 9.79 Å². The summed E-state index contributed by atoms with van der Waals surface area (Å²) in [4.78, 5) is 11.6. The van der Waals surface area contributed by atoms with Gasteiger partial charge in [0.25, 0.3) is 10.1 Å². The molecule has 3 aromatic rings. The molecule has 0 aliphatic heterocycles. The second-order valence-corrected chi connectivity index (χ2v) is 8.16. The van der Waals surface area contributed by atoms with Crippen molar-refractivity contribution in [1.82, 2.24) is 15.0 Å². The molecule has 14 heteroatoms. The highest BCUT2D eigenvalue weighted by Crippen LogP contribution is 2.25. The first kappa shape index (κ1) is 20.9. The van der Waals surface area contributed by atoms with Gasteiger partial charge in [-0.3, -0.25) is 8.76 Å². The van der Waals surface area contributed by atoms with E-state index in [2.05, 4.69) is 25.6 Å². The highest BCUT2D eigenvalue weighted by atomic mass is 35.5. The smallest absolute Gasteiger partial charge is 0.296 e. The highest BCUT2D eigenvalue weighted by Gasteiger charge is 2.14. The van der Waals surface area contributed by atoms with Crippen LogP contribution in [0.3, 0.4) is 0 Å². The van der Waals surface area contributed by atoms with Gasteiger partial charge in [-0.05, 0) is 59.1 Å². The molecule has 1 unspecified atom stereocenters. The molecular formula is C15H12ClN6O5S2-. The van der Waals surface area contributed by atoms with E-state index in [1.165, 1.54) is 30.3 Å². The Bertz CT molecular complexity index is 1210. The normalized spacial score (nSPS) is 12.4. The minimum Gasteiger partial charge on any atom is -0.768 e. The van der Waals surface area contributed by atoms with E-state index in [0.717, 1.165) is 6.07 Å². The number of hydrogen-bond acceptors (Lipinski definition) is 10. The molecule has 0 spiro atoms. The summed E-state index contributed by atoms with van der Waals surface area (Å²) in [5.41, 5.74) is 6.19. The lowest BCUT2D eigenvalue weighted by Crippen LogP contribution is -2.06. The Morgan fingerprint density at radius 2 is 1.66 bits per heavy atom. The molecule has 1 atom stereocenters. The SMILES string of the molecule is Nc1cc(Nc2nc(Cl)nc(Nc3cccc(S(=O)[O-])c3)n2)ccc1S(=O)(=O)O. The number of nitrogens with one attached hydrogen (secondary N) is 2. The van der Waals surface area contributed by atoms with Crippen LogP contribution in [0.1, 0.15) is 0 Å². The van der Waals surface area contributed by atoms with Crippen molar-refractivity contribution in [3.05, 3.63) is 47.7 Å². The second-order valence-electron chi connectivity index (χ2n) is 5.49. The van der Waals surface area contributed by atoms with Crippen LogP contribution >= 0.6 is 11.6 Å². The third-order valence-corrected chi connectivity index (χ3v) is 5.17. The van der Waals surface area contributed by atoms with Crippen LogP contribution in [-0.2, 0) is 21.2 Å². The summed E-state index contributed by atoms with van der Waals surface area (Å²) in [5.74, 6) is 0.0407. The molecule has 29 heavy (non-hydrogen) atoms. The molecule has 0 fully saturated rings. The summed E-state index contributed by atoms with van der Waals surface area (Å²) >= 11 is 3.51. The lowest BCUT2D eigenvalue weighted by atomic mass is 10.3. The Balaban J connectivity index is 1.85. The van der Waals surface area contributed by atoms with Gasteiger partial charge in [-0.2, -0.15) is 23.4 Å². The molecule has 2 aromatic carbocycles. The first-order valence-electron chi connectivity index (χ1n) is 7.64. The minimum absolute atomic E-state index is 0.00932. The van der Waals surface area contributed by atoms with Gasteiger partial charge in [-0.15, -0.1) is 0 Å². The van der Waals surface area contributed by atoms with Crippen LogP contribution in [0.5, 0.6) is 0 Å². The predicted molar refractivity (Wildman–Crippen MR) is 106 cm³/mol. The first-order valence-corrected chi connectivity index (χ1v) is 10.5. The molecule has 0 saturated heterocycles. The van der Waals surface area contributed by atoms with Gasteiger partial charge in [0.15, 0.2) is 0 Å². The third-order valence-electron chi connectivity index (χ3n) is 3.43. The molecular weight excluding hydrogens is 444 g/mol. The van der Waals surface area contributed by atoms with Crippen LogP contribution < -0.4 is 16.4 Å². The van der Waals surface area contributed by atoms with E-state index >= 15 is 0 Å². The maximum Gasteiger partial charge on any atom is 0.296 e. The molecule has 0 radical (unpaired) electrons. The summed E-state index contributed by atoms with van der Waals surface area (Å²) in [7, 11) is -4.45. The lowest BCUT2D eigenvalue weighted by molar-refractivity contribution is 0.483. The van der Waals surface area contributed by atoms with Crippen molar-refractivity contribution in [2.24, 2.45) is 0 Å². The Morgan fingerprint density at radius 3 is 2.21 bits per heavy atom. The molecule has 0 aliphatic rings. The van der Waals surface area contributed by atoms with Crippen LogP contribution in [0.2, 0.25) is 5.28 Å². The summed E-state index contributed by atoms with van der Waals surface area (Å²) in [6.07, 6.45) is 0. The van der Waals surface area contributed by atoms with E-state index in [1.54, 1.807) is 6.07 Å². The molecule has 5 N–H and O–H groups in total. The Labute approximate surface area is 172 Å². The van der Waals surface area contributed by atoms with E-state index in [0.29, 0.717) is 11.4 Å². The van der Waals surface area contributed by atoms with Crippen molar-refractivity contribution >= 4 is 61.8 Å². The molecule has 0 aliphatic carbocycles. The number of benzene rings is 2. The largest absolute Gasteiger partial charge is 0.768 e. The van der Waals surface area contributed by atoms with Crippen LogP contribution in [0.4, 0.5) is 29.0 Å². The van der Waals surface area contributed by atoms with Crippen molar-refractivity contribution in [2.75, 3.05) is 16.4 Å². The van der Waals surface area contributed by atoms with Gasteiger partial charge in [0.05, 0.1) is 5.69 Å². The van der Waals surface area contributed by atoms with Crippen molar-refractivity contribution < 1.29 is 21.7 Å². The standard InChI is InChI=1S/C15H13ClN6O5S2/c16-13-20-14(18-8-2-1-3-10(6-8)28(23)24)22-15(21-13)19-9-4-5-12(11(17)7-9)29(25,26)27/h1-7H,17H2,(H,23,24)(H,25,26,27)(H2,18,19,20,21,22)/p-1. The number of halogens is 1. The zero-order chi connectivity index (χ0) is 21.2. The lowest BCUT2D eigenvalue weighted by Gasteiger charge is -2.11. The minimum atomic E-state index is -4.45. The van der Waals surface area contributed by atoms with Crippen molar-refractivity contribution in [3.8, 4) is 0 Å². The zero-order valence-electron chi connectivity index (χ0n) is 14.2. The average Bonchev–Trinajstić information content (AvgIpc) is 2.60. The zero-order valence-corrected chi connectivity index (χ0v) is 16.6. The van der Waals surface area contributed by atoms with Gasteiger partial charge in [0.1, 0.15) is 4.90 Å². The van der Waals surface area contributed by atoms with Crippen molar-refractivity contribution in [1.29, 1.82) is 0 Å². The second kappa shape index (κ2) is 8.26. The molecule has 0 bridgehead atoms. The molecule has 1 heterocycles. The maximum absolute atomic E-state index is 11.2. The van der Waals surface area contributed by atoms with Crippen LogP contribution in [-0.4, -0.2) is 36.7 Å². The van der Waals surface area contributed by atoms with Gasteiger partial charge in [-0.25, -0.2) is 0 Å². The van der Waals surface area contributed by atoms with Crippen LogP contribution in [0.25, 0.3) is 0 Å². The van der Waals surface area contributed by atoms with E-state index < -0.39 is 26.1 Å². The summed E-state index contributed by atoms with van der Waals surface area (Å²) < 4.78 is 53.6. The summed E-state index contributed by atoms with van der Waals surface area (Å²) in [5, 5.41) is 5.43. The van der Waals surface area contributed by atoms with Gasteiger partial charge in [0, 0.05) is 16.3 Å². The van der Waals surface area contributed by atoms with Crippen molar-refractivity contribution in [3.63, 3.8) is 0 Å². The number of hydrogen-bond donors (Lipinski definition) is 4. The Hall–Kier alpha value is -2.84. The number of nitrogens with zero attached hydrogens (tertiary/aromatic N) is 3. The number of nitrogen functional groups attached to an aromatic ring is 1. The number of aromatic nitrogens is 3. The van der Waals surface area contributed by atoms with E-state index in [-0.39, 0.29) is 27.8 Å². The average molecular weight is 456 g/mol. The fourth-order valence-corrected chi connectivity index (χ4v) is 3.43. The third kappa shape index (κ3) is 5.36. The molecule has 0 saturated carbocycles. The van der Waals surface area contributed by atoms with Gasteiger partial charge in [0.2, 0.25) is 17.2 Å². The molecule has 3 rings (SSSR count). The fourth-order valence-electron chi connectivity index (χ4n) is 2.26. The summed E-state index contributed by atoms with van der Waals surface area (Å²) in [6, 6.07) is 9.66. The fraction of sp³-hybridized carbons (Fsp3) is 0. The quantitative estimate of drug-likeness (QED) is 0.242. The maximum atomic E-state index is 11.2. The van der Waals surface area contributed by atoms with Gasteiger partial charge < -0.3 is 20.9 Å². The summed E-state index contributed by atoms with van der Waals surface area (Å²) in [6.45, 7) is 0. The Kier molecular flexibility index (Phi) is 5.95. The van der Waals surface area contributed by atoms with Gasteiger partial charge in [-0.1, -0.05) is 6.07 Å². The number of anilines is 5. The van der Waals surface area contributed by atoms with Crippen LogP contribution in [0.15, 0.2) is 52.3 Å². The first-order chi connectivity index (χ1) is 13.6. The van der Waals surface area contributed by atoms with Crippen LogP contribution in [0, 0.1) is 0 Å². The number of nitrogens with two attached hydrogens (primary N) is 1. The number of rotatable bonds is 6. The van der Waals surface area contributed by atoms with E-state index in [4.69, 9.17) is 21.9 Å². The molecule has 1 aromatic heterocycles. The van der Waals surface area contributed by atoms with E-state index in [1.807, 2.05) is 0 Å². The monoisotopic (exact) mass is 455 g/mol.